The van der Waals surface area contributed by atoms with Crippen molar-refractivity contribution in [1.82, 2.24) is 4.98 Å². The summed E-state index contributed by atoms with van der Waals surface area (Å²) in [4.78, 5) is 16.2. The molecule has 4 rings (SSSR count). The second-order valence-corrected chi connectivity index (χ2v) is 6.68. The first-order valence-electron chi connectivity index (χ1n) is 8.18. The molecule has 0 atom stereocenters. The molecule has 1 saturated carbocycles. The minimum atomic E-state index is 0.0622. The molecule has 0 spiro atoms. The number of nitrogens with one attached hydrogen (secondary N) is 1. The highest BCUT2D eigenvalue weighted by molar-refractivity contribution is 6.31. The number of nitrogens with zero attached hydrogens (tertiary/aromatic N) is 1. The molecule has 0 bridgehead atoms. The molecule has 1 N–H and O–H groups in total. The standard InChI is InChI=1S/C20H17ClN2O2/c1-25-18-7-6-16(21)10-17(18)14-5-4-13-9-19(22-11-15(13)8-14)23-20(24)12-2-3-12/h4-12H,2-3H2,1H3,(H,22,23,24). The van der Waals surface area contributed by atoms with Gasteiger partial charge in [0, 0.05) is 28.1 Å². The van der Waals surface area contributed by atoms with Crippen molar-refractivity contribution in [2.45, 2.75) is 12.8 Å². The Morgan fingerprint density at radius 1 is 1.16 bits per heavy atom. The van der Waals surface area contributed by atoms with E-state index in [2.05, 4.69) is 10.3 Å². The SMILES string of the molecule is COc1ccc(Cl)cc1-c1ccc2cc(NC(=O)C3CC3)ncc2c1. The van der Waals surface area contributed by atoms with E-state index >= 15 is 0 Å². The minimum absolute atomic E-state index is 0.0622. The van der Waals surface area contributed by atoms with E-state index in [1.165, 1.54) is 0 Å². The predicted octanol–water partition coefficient (Wildman–Crippen LogP) is 4.91. The summed E-state index contributed by atoms with van der Waals surface area (Å²) >= 11 is 6.13. The molecule has 0 radical (unpaired) electrons. The van der Waals surface area contributed by atoms with Crippen LogP contribution in [0.4, 0.5) is 5.82 Å². The highest BCUT2D eigenvalue weighted by Crippen LogP contribution is 2.34. The zero-order chi connectivity index (χ0) is 17.4. The van der Waals surface area contributed by atoms with Gasteiger partial charge in [0.1, 0.15) is 11.6 Å². The van der Waals surface area contributed by atoms with Crippen LogP contribution in [-0.4, -0.2) is 18.0 Å². The fraction of sp³-hybridized carbons (Fsp3) is 0.200. The van der Waals surface area contributed by atoms with Crippen molar-refractivity contribution in [3.8, 4) is 16.9 Å². The number of pyridine rings is 1. The van der Waals surface area contributed by atoms with Crippen LogP contribution in [0.1, 0.15) is 12.8 Å². The van der Waals surface area contributed by atoms with Gasteiger partial charge >= 0.3 is 0 Å². The van der Waals surface area contributed by atoms with E-state index in [4.69, 9.17) is 16.3 Å². The summed E-state index contributed by atoms with van der Waals surface area (Å²) < 4.78 is 5.44. The molecule has 1 amide bonds. The molecule has 1 aliphatic carbocycles. The Bertz CT molecular complexity index is 967. The molecule has 1 fully saturated rings. The minimum Gasteiger partial charge on any atom is -0.496 e. The van der Waals surface area contributed by atoms with E-state index in [0.29, 0.717) is 10.8 Å². The Kier molecular flexibility index (Phi) is 4.06. The number of amides is 1. The van der Waals surface area contributed by atoms with Crippen LogP contribution in [0.15, 0.2) is 48.7 Å². The third kappa shape index (κ3) is 3.30. The van der Waals surface area contributed by atoms with E-state index in [1.807, 2.05) is 36.4 Å². The lowest BCUT2D eigenvalue weighted by Gasteiger charge is -2.11. The van der Waals surface area contributed by atoms with Gasteiger partial charge in [-0.15, -0.1) is 0 Å². The molecule has 1 heterocycles. The highest BCUT2D eigenvalue weighted by atomic mass is 35.5. The number of hydrogen-bond acceptors (Lipinski definition) is 3. The van der Waals surface area contributed by atoms with Gasteiger partial charge in [0.2, 0.25) is 5.91 Å². The van der Waals surface area contributed by atoms with Crippen molar-refractivity contribution in [3.63, 3.8) is 0 Å². The summed E-state index contributed by atoms with van der Waals surface area (Å²) in [5.41, 5.74) is 1.94. The van der Waals surface area contributed by atoms with Gasteiger partial charge in [-0.3, -0.25) is 4.79 Å². The summed E-state index contributed by atoms with van der Waals surface area (Å²) in [7, 11) is 1.64. The van der Waals surface area contributed by atoms with Crippen LogP contribution in [-0.2, 0) is 4.79 Å². The average molecular weight is 353 g/mol. The lowest BCUT2D eigenvalue weighted by molar-refractivity contribution is -0.117. The Hall–Kier alpha value is -2.59. The average Bonchev–Trinajstić information content (AvgIpc) is 3.46. The summed E-state index contributed by atoms with van der Waals surface area (Å²) in [5, 5.41) is 5.55. The van der Waals surface area contributed by atoms with E-state index in [1.54, 1.807) is 19.4 Å². The van der Waals surface area contributed by atoms with Gasteiger partial charge in [-0.2, -0.15) is 0 Å². The number of halogens is 1. The topological polar surface area (TPSA) is 51.2 Å². The summed E-state index contributed by atoms with van der Waals surface area (Å²) in [6.07, 6.45) is 3.73. The van der Waals surface area contributed by atoms with Crippen LogP contribution >= 0.6 is 11.6 Å². The highest BCUT2D eigenvalue weighted by Gasteiger charge is 2.29. The van der Waals surface area contributed by atoms with E-state index in [0.717, 1.165) is 40.5 Å². The number of rotatable bonds is 4. The number of fused-ring (bicyclic) bond motifs is 1. The predicted molar refractivity (Wildman–Crippen MR) is 100 cm³/mol. The lowest BCUT2D eigenvalue weighted by Crippen LogP contribution is -2.14. The number of methoxy groups -OCH3 is 1. The molecule has 25 heavy (non-hydrogen) atoms. The molecule has 4 nitrogen and oxygen atoms in total. The third-order valence-electron chi connectivity index (χ3n) is 4.39. The Morgan fingerprint density at radius 3 is 2.76 bits per heavy atom. The summed E-state index contributed by atoms with van der Waals surface area (Å²) in [5.74, 6) is 1.59. The van der Waals surface area contributed by atoms with Crippen molar-refractivity contribution in [3.05, 3.63) is 53.7 Å². The van der Waals surface area contributed by atoms with Crippen molar-refractivity contribution in [2.24, 2.45) is 5.92 Å². The van der Waals surface area contributed by atoms with E-state index in [9.17, 15) is 4.79 Å². The molecule has 2 aromatic carbocycles. The molecule has 0 saturated heterocycles. The van der Waals surface area contributed by atoms with Crippen molar-refractivity contribution in [1.29, 1.82) is 0 Å². The van der Waals surface area contributed by atoms with Crippen LogP contribution in [0.3, 0.4) is 0 Å². The van der Waals surface area contributed by atoms with Gasteiger partial charge in [0.25, 0.3) is 0 Å². The molecular weight excluding hydrogens is 336 g/mol. The number of aromatic nitrogens is 1. The zero-order valence-electron chi connectivity index (χ0n) is 13.8. The maximum atomic E-state index is 11.9. The second kappa shape index (κ2) is 6.37. The quantitative estimate of drug-likeness (QED) is 0.725. The van der Waals surface area contributed by atoms with E-state index in [-0.39, 0.29) is 11.8 Å². The fourth-order valence-corrected chi connectivity index (χ4v) is 3.03. The summed E-state index contributed by atoms with van der Waals surface area (Å²) in [6.45, 7) is 0. The number of anilines is 1. The van der Waals surface area contributed by atoms with Gasteiger partial charge in [-0.25, -0.2) is 4.98 Å². The van der Waals surface area contributed by atoms with Crippen molar-refractivity contribution < 1.29 is 9.53 Å². The molecule has 1 aliphatic rings. The molecule has 5 heteroatoms. The smallest absolute Gasteiger partial charge is 0.228 e. The molecule has 0 aliphatic heterocycles. The van der Waals surface area contributed by atoms with E-state index < -0.39 is 0 Å². The normalized spacial score (nSPS) is 13.7. The van der Waals surface area contributed by atoms with Crippen LogP contribution in [0.5, 0.6) is 5.75 Å². The van der Waals surface area contributed by atoms with Gasteiger partial charge < -0.3 is 10.1 Å². The fourth-order valence-electron chi connectivity index (χ4n) is 2.86. The molecule has 126 valence electrons. The molecular formula is C20H17ClN2O2. The first-order valence-corrected chi connectivity index (χ1v) is 8.56. The van der Waals surface area contributed by atoms with Crippen LogP contribution in [0, 0.1) is 5.92 Å². The third-order valence-corrected chi connectivity index (χ3v) is 4.63. The zero-order valence-corrected chi connectivity index (χ0v) is 14.5. The monoisotopic (exact) mass is 352 g/mol. The van der Waals surface area contributed by atoms with Gasteiger partial charge in [0.15, 0.2) is 0 Å². The van der Waals surface area contributed by atoms with Gasteiger partial charge in [-0.1, -0.05) is 23.7 Å². The molecule has 1 aromatic heterocycles. The summed E-state index contributed by atoms with van der Waals surface area (Å²) in [6, 6.07) is 13.5. The number of carbonyl (C=O) groups is 1. The number of hydrogen-bond donors (Lipinski definition) is 1. The lowest BCUT2D eigenvalue weighted by atomic mass is 10.0. The second-order valence-electron chi connectivity index (χ2n) is 6.24. The maximum Gasteiger partial charge on any atom is 0.228 e. The van der Waals surface area contributed by atoms with Crippen molar-refractivity contribution in [2.75, 3.05) is 12.4 Å². The number of ether oxygens (including phenoxy) is 1. The maximum absolute atomic E-state index is 11.9. The van der Waals surface area contributed by atoms with Gasteiger partial charge in [-0.05, 0) is 54.1 Å². The Morgan fingerprint density at radius 2 is 2.00 bits per heavy atom. The van der Waals surface area contributed by atoms with Gasteiger partial charge in [0.05, 0.1) is 7.11 Å². The number of benzene rings is 2. The van der Waals surface area contributed by atoms with Crippen LogP contribution < -0.4 is 10.1 Å². The Balaban J connectivity index is 1.69. The first kappa shape index (κ1) is 15.9. The van der Waals surface area contributed by atoms with Crippen molar-refractivity contribution >= 4 is 34.1 Å². The van der Waals surface area contributed by atoms with Crippen LogP contribution in [0.25, 0.3) is 21.9 Å². The molecule has 3 aromatic rings. The molecule has 0 unspecified atom stereocenters. The number of carbonyl (C=O) groups excluding carboxylic acids is 1. The van der Waals surface area contributed by atoms with Crippen LogP contribution in [0.2, 0.25) is 5.02 Å². The largest absolute Gasteiger partial charge is 0.496 e. The first-order chi connectivity index (χ1) is 12.1. The Labute approximate surface area is 150 Å².